The van der Waals surface area contributed by atoms with E-state index < -0.39 is 0 Å². The Morgan fingerprint density at radius 3 is 2.55 bits per heavy atom. The lowest BCUT2D eigenvalue weighted by Crippen LogP contribution is -2.42. The molecule has 0 spiro atoms. The summed E-state index contributed by atoms with van der Waals surface area (Å²) in [5.74, 6) is 1.40. The molecule has 0 aliphatic heterocycles. The van der Waals surface area contributed by atoms with Crippen LogP contribution in [0.25, 0.3) is 0 Å². The SMILES string of the molecule is CN=C(NCCNC(=O)c1ccccc1Cl)NCC1CC1.I. The maximum absolute atomic E-state index is 11.9. The van der Waals surface area contributed by atoms with E-state index >= 15 is 0 Å². The summed E-state index contributed by atoms with van der Waals surface area (Å²) in [7, 11) is 1.74. The normalized spacial score (nSPS) is 14.0. The highest BCUT2D eigenvalue weighted by Gasteiger charge is 2.20. The van der Waals surface area contributed by atoms with Crippen molar-refractivity contribution >= 4 is 47.4 Å². The van der Waals surface area contributed by atoms with Gasteiger partial charge < -0.3 is 16.0 Å². The van der Waals surface area contributed by atoms with Crippen LogP contribution in [0.5, 0.6) is 0 Å². The fourth-order valence-corrected chi connectivity index (χ4v) is 2.10. The number of hydrogen-bond acceptors (Lipinski definition) is 2. The van der Waals surface area contributed by atoms with Crippen molar-refractivity contribution in [1.82, 2.24) is 16.0 Å². The number of hydrogen-bond donors (Lipinski definition) is 3. The van der Waals surface area contributed by atoms with Gasteiger partial charge in [-0.1, -0.05) is 23.7 Å². The van der Waals surface area contributed by atoms with Crippen molar-refractivity contribution in [2.75, 3.05) is 26.7 Å². The van der Waals surface area contributed by atoms with E-state index in [1.54, 1.807) is 31.3 Å². The van der Waals surface area contributed by atoms with Gasteiger partial charge in [-0.3, -0.25) is 9.79 Å². The molecule has 0 heterocycles. The topological polar surface area (TPSA) is 65.5 Å². The summed E-state index contributed by atoms with van der Waals surface area (Å²) in [6, 6.07) is 7.01. The summed E-state index contributed by atoms with van der Waals surface area (Å²) >= 11 is 5.98. The van der Waals surface area contributed by atoms with E-state index in [2.05, 4.69) is 20.9 Å². The van der Waals surface area contributed by atoms with Gasteiger partial charge in [0.1, 0.15) is 0 Å². The Morgan fingerprint density at radius 1 is 1.23 bits per heavy atom. The summed E-state index contributed by atoms with van der Waals surface area (Å²) in [4.78, 5) is 16.1. The molecule has 0 bridgehead atoms. The molecular formula is C15H22ClIN4O. The number of benzene rings is 1. The first-order valence-electron chi connectivity index (χ1n) is 7.18. The minimum absolute atomic E-state index is 0. The molecule has 0 radical (unpaired) electrons. The molecule has 22 heavy (non-hydrogen) atoms. The molecule has 2 rings (SSSR count). The fraction of sp³-hybridized carbons (Fsp3) is 0.467. The Bertz CT molecular complexity index is 520. The first-order valence-corrected chi connectivity index (χ1v) is 7.55. The summed E-state index contributed by atoms with van der Waals surface area (Å²) in [6.07, 6.45) is 2.61. The molecule has 5 nitrogen and oxygen atoms in total. The van der Waals surface area contributed by atoms with Gasteiger partial charge >= 0.3 is 0 Å². The maximum Gasteiger partial charge on any atom is 0.252 e. The Morgan fingerprint density at radius 2 is 1.91 bits per heavy atom. The van der Waals surface area contributed by atoms with Gasteiger partial charge in [0, 0.05) is 26.7 Å². The predicted molar refractivity (Wildman–Crippen MR) is 101 cm³/mol. The third-order valence-corrected chi connectivity index (χ3v) is 3.63. The summed E-state index contributed by atoms with van der Waals surface area (Å²) < 4.78 is 0. The monoisotopic (exact) mass is 436 g/mol. The highest BCUT2D eigenvalue weighted by atomic mass is 127. The summed E-state index contributed by atoms with van der Waals surface area (Å²) in [6.45, 7) is 2.08. The third-order valence-electron chi connectivity index (χ3n) is 3.30. The van der Waals surface area contributed by atoms with E-state index in [0.717, 1.165) is 18.4 Å². The largest absolute Gasteiger partial charge is 0.356 e. The van der Waals surface area contributed by atoms with Gasteiger partial charge in [0.15, 0.2) is 5.96 Å². The second-order valence-electron chi connectivity index (χ2n) is 5.06. The molecule has 3 N–H and O–H groups in total. The number of carbonyl (C=O) groups excluding carboxylic acids is 1. The standard InChI is InChI=1S/C15H21ClN4O.HI/c1-17-15(20-10-11-6-7-11)19-9-8-18-14(21)12-4-2-3-5-13(12)16;/h2-5,11H,6-10H2,1H3,(H,18,21)(H2,17,19,20);1H. The number of guanidine groups is 1. The van der Waals surface area contributed by atoms with Crippen molar-refractivity contribution in [3.63, 3.8) is 0 Å². The van der Waals surface area contributed by atoms with Crippen LogP contribution >= 0.6 is 35.6 Å². The van der Waals surface area contributed by atoms with Gasteiger partial charge in [-0.15, -0.1) is 24.0 Å². The van der Waals surface area contributed by atoms with Crippen LogP contribution in [0.2, 0.25) is 5.02 Å². The third kappa shape index (κ3) is 6.39. The van der Waals surface area contributed by atoms with Gasteiger partial charge in [0.25, 0.3) is 5.91 Å². The molecule has 1 aromatic carbocycles. The van der Waals surface area contributed by atoms with Crippen molar-refractivity contribution in [3.05, 3.63) is 34.9 Å². The second kappa shape index (κ2) is 9.89. The lowest BCUT2D eigenvalue weighted by atomic mass is 10.2. The van der Waals surface area contributed by atoms with E-state index in [1.807, 2.05) is 0 Å². The highest BCUT2D eigenvalue weighted by Crippen LogP contribution is 2.27. The van der Waals surface area contributed by atoms with Crippen molar-refractivity contribution in [1.29, 1.82) is 0 Å². The molecule has 1 aliphatic carbocycles. The molecular weight excluding hydrogens is 415 g/mol. The van der Waals surface area contributed by atoms with Crippen LogP contribution < -0.4 is 16.0 Å². The lowest BCUT2D eigenvalue weighted by Gasteiger charge is -2.12. The van der Waals surface area contributed by atoms with Crippen LogP contribution in [0.4, 0.5) is 0 Å². The van der Waals surface area contributed by atoms with Crippen LogP contribution in [0.3, 0.4) is 0 Å². The molecule has 0 unspecified atom stereocenters. The van der Waals surface area contributed by atoms with E-state index in [0.29, 0.717) is 23.7 Å². The zero-order valence-electron chi connectivity index (χ0n) is 12.6. The predicted octanol–water partition coefficient (Wildman–Crippen LogP) is 2.26. The molecule has 1 aliphatic rings. The van der Waals surface area contributed by atoms with Gasteiger partial charge in [0.2, 0.25) is 0 Å². The molecule has 0 atom stereocenters. The van der Waals surface area contributed by atoms with Gasteiger partial charge in [-0.25, -0.2) is 0 Å². The Hall–Kier alpha value is -1.02. The molecule has 122 valence electrons. The molecule has 1 amide bonds. The van der Waals surface area contributed by atoms with Crippen molar-refractivity contribution in [3.8, 4) is 0 Å². The molecule has 1 aromatic rings. The van der Waals surface area contributed by atoms with Crippen LogP contribution in [-0.4, -0.2) is 38.5 Å². The van der Waals surface area contributed by atoms with Crippen molar-refractivity contribution in [2.24, 2.45) is 10.9 Å². The summed E-state index contributed by atoms with van der Waals surface area (Å²) in [5.41, 5.74) is 0.496. The number of nitrogens with zero attached hydrogens (tertiary/aromatic N) is 1. The molecule has 0 aromatic heterocycles. The smallest absolute Gasteiger partial charge is 0.252 e. The van der Waals surface area contributed by atoms with Gasteiger partial charge in [0.05, 0.1) is 10.6 Å². The van der Waals surface area contributed by atoms with Crippen LogP contribution in [0, 0.1) is 5.92 Å². The molecule has 7 heteroatoms. The molecule has 0 saturated heterocycles. The average molecular weight is 437 g/mol. The first-order chi connectivity index (χ1) is 10.2. The Labute approximate surface area is 153 Å². The average Bonchev–Trinajstić information content (AvgIpc) is 3.31. The van der Waals surface area contributed by atoms with E-state index in [4.69, 9.17) is 11.6 Å². The minimum atomic E-state index is -0.164. The highest BCUT2D eigenvalue weighted by molar-refractivity contribution is 14.0. The van der Waals surface area contributed by atoms with Crippen LogP contribution in [-0.2, 0) is 0 Å². The number of amides is 1. The fourth-order valence-electron chi connectivity index (χ4n) is 1.88. The van der Waals surface area contributed by atoms with E-state index in [9.17, 15) is 4.79 Å². The second-order valence-corrected chi connectivity index (χ2v) is 5.47. The van der Waals surface area contributed by atoms with Gasteiger partial charge in [-0.05, 0) is 30.9 Å². The lowest BCUT2D eigenvalue weighted by molar-refractivity contribution is 0.0954. The van der Waals surface area contributed by atoms with Crippen molar-refractivity contribution < 1.29 is 4.79 Å². The van der Waals surface area contributed by atoms with E-state index in [1.165, 1.54) is 12.8 Å². The number of nitrogens with one attached hydrogen (secondary N) is 3. The maximum atomic E-state index is 11.9. The summed E-state index contributed by atoms with van der Waals surface area (Å²) in [5, 5.41) is 9.72. The number of aliphatic imine (C=N–C) groups is 1. The van der Waals surface area contributed by atoms with Crippen molar-refractivity contribution in [2.45, 2.75) is 12.8 Å². The number of rotatable bonds is 6. The first kappa shape index (κ1) is 19.0. The molecule has 1 fully saturated rings. The number of carbonyl (C=O) groups is 1. The zero-order valence-corrected chi connectivity index (χ0v) is 15.7. The Balaban J connectivity index is 0.00000242. The Kier molecular flexibility index (Phi) is 8.55. The molecule has 1 saturated carbocycles. The minimum Gasteiger partial charge on any atom is -0.356 e. The van der Waals surface area contributed by atoms with Gasteiger partial charge in [-0.2, -0.15) is 0 Å². The van der Waals surface area contributed by atoms with Crippen LogP contribution in [0.1, 0.15) is 23.2 Å². The van der Waals surface area contributed by atoms with Crippen LogP contribution in [0.15, 0.2) is 29.3 Å². The zero-order chi connectivity index (χ0) is 15.1. The quantitative estimate of drug-likeness (QED) is 0.277. The number of halogens is 2. The van der Waals surface area contributed by atoms with E-state index in [-0.39, 0.29) is 29.9 Å².